The van der Waals surface area contributed by atoms with Crippen LogP contribution >= 0.6 is 11.3 Å². The largest absolute Gasteiger partial charge is 0.497 e. The van der Waals surface area contributed by atoms with E-state index in [2.05, 4.69) is 9.98 Å². The van der Waals surface area contributed by atoms with Crippen molar-refractivity contribution in [3.8, 4) is 11.5 Å². The lowest BCUT2D eigenvalue weighted by atomic mass is 9.95. The number of nitrogens with zero attached hydrogens (tertiary/aromatic N) is 3. The molecule has 164 valence electrons. The first-order valence-corrected chi connectivity index (χ1v) is 10.5. The highest BCUT2D eigenvalue weighted by atomic mass is 32.1. The minimum absolute atomic E-state index is 0.269. The fourth-order valence-electron chi connectivity index (χ4n) is 3.64. The van der Waals surface area contributed by atoms with E-state index in [1.165, 1.54) is 30.1 Å². The number of fused-ring (bicyclic) bond motifs is 1. The van der Waals surface area contributed by atoms with Gasteiger partial charge >= 0.3 is 5.97 Å². The van der Waals surface area contributed by atoms with Crippen LogP contribution < -0.4 is 24.4 Å². The summed E-state index contributed by atoms with van der Waals surface area (Å²) in [7, 11) is 4.39. The third-order valence-electron chi connectivity index (χ3n) is 5.14. The monoisotopic (exact) mass is 451 g/mol. The Morgan fingerprint density at radius 2 is 2.00 bits per heavy atom. The number of aromatic nitrogens is 2. The molecule has 3 aromatic rings. The quantitative estimate of drug-likeness (QED) is 0.550. The molecule has 4 rings (SSSR count). The summed E-state index contributed by atoms with van der Waals surface area (Å²) in [6.07, 6.45) is 5.10. The van der Waals surface area contributed by atoms with Crippen LogP contribution in [0.2, 0.25) is 0 Å². The first-order valence-electron chi connectivity index (χ1n) is 9.71. The Hall–Kier alpha value is -3.72. The lowest BCUT2D eigenvalue weighted by molar-refractivity contribution is -0.136. The predicted molar refractivity (Wildman–Crippen MR) is 120 cm³/mol. The first kappa shape index (κ1) is 21.5. The number of esters is 1. The molecular weight excluding hydrogens is 430 g/mol. The van der Waals surface area contributed by atoms with Crippen LogP contribution in [0.4, 0.5) is 0 Å². The van der Waals surface area contributed by atoms with Crippen molar-refractivity contribution >= 4 is 23.4 Å². The molecule has 1 aromatic carbocycles. The Balaban J connectivity index is 2.01. The summed E-state index contributed by atoms with van der Waals surface area (Å²) in [6.45, 7) is 1.73. The average Bonchev–Trinajstić information content (AvgIpc) is 3.12. The summed E-state index contributed by atoms with van der Waals surface area (Å²) in [5.74, 6) is 0.512. The van der Waals surface area contributed by atoms with Gasteiger partial charge in [0.05, 0.1) is 37.1 Å². The van der Waals surface area contributed by atoms with Crippen LogP contribution in [0, 0.1) is 0 Å². The fraction of sp³-hybridized carbons (Fsp3) is 0.217. The highest BCUT2D eigenvalue weighted by Gasteiger charge is 2.35. The third kappa shape index (κ3) is 3.71. The Morgan fingerprint density at radius 1 is 1.19 bits per heavy atom. The minimum Gasteiger partial charge on any atom is -0.497 e. The summed E-state index contributed by atoms with van der Waals surface area (Å²) in [4.78, 5) is 35.4. The maximum atomic E-state index is 13.5. The van der Waals surface area contributed by atoms with Gasteiger partial charge in [0.1, 0.15) is 17.5 Å². The van der Waals surface area contributed by atoms with Crippen LogP contribution in [0.5, 0.6) is 11.5 Å². The number of benzene rings is 1. The van der Waals surface area contributed by atoms with E-state index < -0.39 is 12.0 Å². The van der Waals surface area contributed by atoms with Gasteiger partial charge in [0, 0.05) is 24.0 Å². The Bertz CT molecular complexity index is 1390. The van der Waals surface area contributed by atoms with Crippen molar-refractivity contribution in [3.05, 3.63) is 84.8 Å². The molecule has 0 unspecified atom stereocenters. The molecule has 9 heteroatoms. The van der Waals surface area contributed by atoms with Crippen molar-refractivity contribution in [3.63, 3.8) is 0 Å². The normalized spacial score (nSPS) is 15.8. The van der Waals surface area contributed by atoms with Gasteiger partial charge in [-0.2, -0.15) is 0 Å². The van der Waals surface area contributed by atoms with Crippen LogP contribution in [-0.4, -0.2) is 36.8 Å². The molecule has 2 aromatic heterocycles. The van der Waals surface area contributed by atoms with Crippen LogP contribution in [0.15, 0.2) is 63.8 Å². The van der Waals surface area contributed by atoms with E-state index in [1.807, 2.05) is 6.07 Å². The molecule has 0 spiro atoms. The number of carbonyl (C=O) groups is 1. The smallest absolute Gasteiger partial charge is 0.338 e. The molecule has 0 saturated carbocycles. The molecule has 1 aliphatic rings. The van der Waals surface area contributed by atoms with Gasteiger partial charge < -0.3 is 14.2 Å². The Labute approximate surface area is 187 Å². The average molecular weight is 452 g/mol. The zero-order chi connectivity index (χ0) is 22.8. The molecule has 1 aliphatic heterocycles. The van der Waals surface area contributed by atoms with Gasteiger partial charge in [-0.15, -0.1) is 0 Å². The van der Waals surface area contributed by atoms with Gasteiger partial charge in [-0.3, -0.25) is 14.3 Å². The molecule has 8 nitrogen and oxygen atoms in total. The molecule has 3 heterocycles. The zero-order valence-electron chi connectivity index (χ0n) is 18.0. The van der Waals surface area contributed by atoms with Gasteiger partial charge in [-0.1, -0.05) is 17.4 Å². The molecule has 0 aliphatic carbocycles. The second-order valence-corrected chi connectivity index (χ2v) is 7.98. The maximum Gasteiger partial charge on any atom is 0.338 e. The Morgan fingerprint density at radius 3 is 2.66 bits per heavy atom. The van der Waals surface area contributed by atoms with Crippen LogP contribution in [0.1, 0.15) is 24.1 Å². The van der Waals surface area contributed by atoms with Crippen LogP contribution in [-0.2, 0) is 9.53 Å². The molecular formula is C23H21N3O5S. The van der Waals surface area contributed by atoms with Gasteiger partial charge in [0.2, 0.25) is 0 Å². The highest BCUT2D eigenvalue weighted by molar-refractivity contribution is 7.07. The van der Waals surface area contributed by atoms with Crippen LogP contribution in [0.3, 0.4) is 0 Å². The highest BCUT2D eigenvalue weighted by Crippen LogP contribution is 2.37. The number of allylic oxidation sites excluding steroid dienone is 1. The van der Waals surface area contributed by atoms with Crippen molar-refractivity contribution in [1.82, 2.24) is 9.55 Å². The van der Waals surface area contributed by atoms with Crippen molar-refractivity contribution < 1.29 is 19.0 Å². The van der Waals surface area contributed by atoms with Crippen molar-refractivity contribution in [2.45, 2.75) is 13.0 Å². The van der Waals surface area contributed by atoms with Crippen molar-refractivity contribution in [1.29, 1.82) is 0 Å². The number of hydrogen-bond donors (Lipinski definition) is 0. The number of ether oxygens (including phenoxy) is 3. The van der Waals surface area contributed by atoms with Crippen LogP contribution in [0.25, 0.3) is 6.08 Å². The van der Waals surface area contributed by atoms with E-state index in [0.717, 1.165) is 5.56 Å². The van der Waals surface area contributed by atoms with Crippen molar-refractivity contribution in [2.75, 3.05) is 21.3 Å². The summed E-state index contributed by atoms with van der Waals surface area (Å²) in [5.41, 5.74) is 1.90. The number of carbonyl (C=O) groups excluding carboxylic acids is 1. The number of pyridine rings is 1. The number of rotatable bonds is 5. The van der Waals surface area contributed by atoms with Gasteiger partial charge in [-0.05, 0) is 36.8 Å². The molecule has 0 N–H and O–H groups in total. The molecule has 0 bridgehead atoms. The lowest BCUT2D eigenvalue weighted by Gasteiger charge is -2.25. The number of methoxy groups -OCH3 is 3. The van der Waals surface area contributed by atoms with E-state index >= 15 is 0 Å². The molecule has 0 fully saturated rings. The summed E-state index contributed by atoms with van der Waals surface area (Å²) in [6, 6.07) is 8.14. The van der Waals surface area contributed by atoms with Gasteiger partial charge in [0.15, 0.2) is 4.80 Å². The van der Waals surface area contributed by atoms with E-state index in [-0.39, 0.29) is 11.1 Å². The van der Waals surface area contributed by atoms with Gasteiger partial charge in [0.25, 0.3) is 5.56 Å². The van der Waals surface area contributed by atoms with E-state index in [9.17, 15) is 9.59 Å². The maximum absolute atomic E-state index is 13.5. The number of thiazole rings is 1. The standard InChI is InChI=1S/C23H21N3O5S/c1-13-19(22(28)31-4)20(16-8-7-15(29-2)11-17(16)30-3)26-21(27)18(32-23(26)25-13)10-14-6-5-9-24-12-14/h5-12,20H,1-4H3/t20-/m0/s1. The predicted octanol–water partition coefficient (Wildman–Crippen LogP) is 1.82. The summed E-state index contributed by atoms with van der Waals surface area (Å²) >= 11 is 1.25. The second-order valence-electron chi connectivity index (χ2n) is 6.97. The Kier molecular flexibility index (Phi) is 5.91. The third-order valence-corrected chi connectivity index (χ3v) is 6.13. The topological polar surface area (TPSA) is 92.0 Å². The molecule has 32 heavy (non-hydrogen) atoms. The van der Waals surface area contributed by atoms with E-state index in [1.54, 1.807) is 56.8 Å². The SMILES string of the molecule is COC(=O)C1=C(C)N=c2sc(=Cc3cccnc3)c(=O)n2[C@H]1c1ccc(OC)cc1OC. The zero-order valence-corrected chi connectivity index (χ0v) is 18.8. The fourth-order valence-corrected chi connectivity index (χ4v) is 4.69. The number of hydrogen-bond acceptors (Lipinski definition) is 8. The van der Waals surface area contributed by atoms with Crippen molar-refractivity contribution in [2.24, 2.45) is 4.99 Å². The molecule has 0 saturated heterocycles. The minimum atomic E-state index is -0.768. The van der Waals surface area contributed by atoms with Gasteiger partial charge in [-0.25, -0.2) is 9.79 Å². The lowest BCUT2D eigenvalue weighted by Crippen LogP contribution is -2.40. The molecule has 0 radical (unpaired) electrons. The summed E-state index contributed by atoms with van der Waals surface area (Å²) < 4.78 is 17.9. The molecule has 0 amide bonds. The second kappa shape index (κ2) is 8.80. The van der Waals surface area contributed by atoms with E-state index in [0.29, 0.717) is 32.1 Å². The van der Waals surface area contributed by atoms with E-state index in [4.69, 9.17) is 14.2 Å². The molecule has 1 atom stereocenters. The summed E-state index contributed by atoms with van der Waals surface area (Å²) in [5, 5.41) is 0. The first-order chi connectivity index (χ1) is 15.5.